The lowest BCUT2D eigenvalue weighted by molar-refractivity contribution is -0.137. The predicted molar refractivity (Wildman–Crippen MR) is 96.3 cm³/mol. The molecule has 0 fully saturated rings. The van der Waals surface area contributed by atoms with Crippen LogP contribution >= 0.6 is 11.3 Å². The zero-order valence-electron chi connectivity index (χ0n) is 14.3. The van der Waals surface area contributed by atoms with Crippen LogP contribution in [0.3, 0.4) is 0 Å². The number of thiophene rings is 1. The minimum Gasteiger partial charge on any atom is -0.481 e. The number of amides is 1. The summed E-state index contributed by atoms with van der Waals surface area (Å²) in [7, 11) is 0. The van der Waals surface area contributed by atoms with Crippen molar-refractivity contribution in [3.8, 4) is 0 Å². The Bertz CT molecular complexity index is 740. The molecule has 0 spiro atoms. The average molecular weight is 363 g/mol. The van der Waals surface area contributed by atoms with Gasteiger partial charge in [0.15, 0.2) is 0 Å². The van der Waals surface area contributed by atoms with Gasteiger partial charge in [-0.3, -0.25) is 9.59 Å². The van der Waals surface area contributed by atoms with Crippen LogP contribution in [-0.4, -0.2) is 17.0 Å². The van der Waals surface area contributed by atoms with E-state index in [0.717, 1.165) is 6.42 Å². The van der Waals surface area contributed by atoms with E-state index < -0.39 is 17.8 Å². The maximum absolute atomic E-state index is 13.0. The first-order chi connectivity index (χ1) is 11.8. The summed E-state index contributed by atoms with van der Waals surface area (Å²) in [4.78, 5) is 25.8. The number of halogens is 1. The first kappa shape index (κ1) is 19.1. The first-order valence-corrected chi connectivity index (χ1v) is 8.99. The molecule has 0 radical (unpaired) electrons. The van der Waals surface area contributed by atoms with Crippen LogP contribution in [-0.2, 0) is 16.0 Å². The van der Waals surface area contributed by atoms with Crippen molar-refractivity contribution in [3.05, 3.63) is 57.0 Å². The van der Waals surface area contributed by atoms with E-state index in [1.54, 1.807) is 11.3 Å². The molecule has 1 aromatic heterocycles. The molecule has 0 aliphatic heterocycles. The molecule has 0 aliphatic rings. The minimum atomic E-state index is -1.01. The number of carbonyl (C=O) groups excluding carboxylic acids is 1. The molecule has 1 unspecified atom stereocenters. The first-order valence-electron chi connectivity index (χ1n) is 8.17. The van der Waals surface area contributed by atoms with Gasteiger partial charge in [-0.15, -0.1) is 11.3 Å². The van der Waals surface area contributed by atoms with Crippen LogP contribution in [0.25, 0.3) is 0 Å². The normalized spacial score (nSPS) is 12.0. The van der Waals surface area contributed by atoms with Crippen LogP contribution < -0.4 is 5.32 Å². The Hall–Kier alpha value is -2.21. The Balaban J connectivity index is 1.91. The molecular formula is C19H22FNO3S. The zero-order valence-corrected chi connectivity index (χ0v) is 15.2. The van der Waals surface area contributed by atoms with E-state index >= 15 is 0 Å². The van der Waals surface area contributed by atoms with Gasteiger partial charge in [0.25, 0.3) is 0 Å². The van der Waals surface area contributed by atoms with E-state index in [0.29, 0.717) is 18.4 Å². The van der Waals surface area contributed by atoms with E-state index in [-0.39, 0.29) is 12.3 Å². The molecular weight excluding hydrogens is 341 g/mol. The van der Waals surface area contributed by atoms with Crippen molar-refractivity contribution < 1.29 is 19.1 Å². The van der Waals surface area contributed by atoms with Crippen molar-refractivity contribution in [1.29, 1.82) is 0 Å². The van der Waals surface area contributed by atoms with Crippen molar-refractivity contribution >= 4 is 23.2 Å². The van der Waals surface area contributed by atoms with Gasteiger partial charge in [0.2, 0.25) is 5.91 Å². The van der Waals surface area contributed by atoms with Gasteiger partial charge in [0.1, 0.15) is 5.82 Å². The maximum atomic E-state index is 13.0. The number of aliphatic carboxylic acids is 1. The van der Waals surface area contributed by atoms with Crippen LogP contribution in [0, 0.1) is 19.7 Å². The van der Waals surface area contributed by atoms with Crippen molar-refractivity contribution in [3.63, 3.8) is 0 Å². The molecule has 0 bridgehead atoms. The lowest BCUT2D eigenvalue weighted by Gasteiger charge is -2.17. The smallest absolute Gasteiger partial charge is 0.305 e. The summed E-state index contributed by atoms with van der Waals surface area (Å²) in [6, 6.07) is 7.01. The Morgan fingerprint density at radius 1 is 1.24 bits per heavy atom. The maximum Gasteiger partial charge on any atom is 0.305 e. The number of nitrogens with one attached hydrogen (secondary N) is 1. The number of carboxylic acid groups (broad SMARTS) is 1. The molecule has 1 amide bonds. The standard InChI is InChI=1S/C19H22FNO3S/c1-12-10-15(13(2)25-12)4-3-5-18(22)21-17(11-19(23)24)14-6-8-16(20)9-7-14/h6-10,17H,3-5,11H2,1-2H3,(H,21,22)(H,23,24). The fraction of sp³-hybridized carbons (Fsp3) is 0.368. The molecule has 2 rings (SSSR count). The van der Waals surface area contributed by atoms with Crippen LogP contribution in [0.1, 0.15) is 46.2 Å². The highest BCUT2D eigenvalue weighted by Gasteiger charge is 2.18. The number of carbonyl (C=O) groups is 2. The third kappa shape index (κ3) is 5.98. The number of benzene rings is 1. The second kappa shape index (κ2) is 8.76. The molecule has 2 aromatic rings. The lowest BCUT2D eigenvalue weighted by atomic mass is 10.0. The van der Waals surface area contributed by atoms with Gasteiger partial charge in [-0.1, -0.05) is 12.1 Å². The Kier molecular flexibility index (Phi) is 6.70. The number of hydrogen-bond acceptors (Lipinski definition) is 3. The predicted octanol–water partition coefficient (Wildman–Crippen LogP) is 4.16. The number of aryl methyl sites for hydroxylation is 3. The van der Waals surface area contributed by atoms with Gasteiger partial charge in [0, 0.05) is 16.2 Å². The van der Waals surface area contributed by atoms with Crippen molar-refractivity contribution in [2.75, 3.05) is 0 Å². The quantitative estimate of drug-likeness (QED) is 0.740. The van der Waals surface area contributed by atoms with Gasteiger partial charge in [-0.25, -0.2) is 4.39 Å². The molecule has 1 aromatic carbocycles. The van der Waals surface area contributed by atoms with Crippen LogP contribution in [0.4, 0.5) is 4.39 Å². The van der Waals surface area contributed by atoms with E-state index in [9.17, 15) is 14.0 Å². The molecule has 134 valence electrons. The van der Waals surface area contributed by atoms with Gasteiger partial charge >= 0.3 is 5.97 Å². The highest BCUT2D eigenvalue weighted by molar-refractivity contribution is 7.12. The van der Waals surface area contributed by atoms with Crippen LogP contribution in [0.5, 0.6) is 0 Å². The Morgan fingerprint density at radius 3 is 2.48 bits per heavy atom. The van der Waals surface area contributed by atoms with E-state index in [2.05, 4.69) is 25.2 Å². The molecule has 6 heteroatoms. The minimum absolute atomic E-state index is 0.194. The van der Waals surface area contributed by atoms with E-state index in [1.807, 2.05) is 0 Å². The summed E-state index contributed by atoms with van der Waals surface area (Å²) in [5, 5.41) is 11.8. The van der Waals surface area contributed by atoms with Gasteiger partial charge < -0.3 is 10.4 Å². The monoisotopic (exact) mass is 363 g/mol. The average Bonchev–Trinajstić information content (AvgIpc) is 2.85. The second-order valence-electron chi connectivity index (χ2n) is 6.06. The molecule has 2 N–H and O–H groups in total. The molecule has 1 atom stereocenters. The van der Waals surface area contributed by atoms with E-state index in [1.165, 1.54) is 39.6 Å². The van der Waals surface area contributed by atoms with Gasteiger partial charge in [-0.05, 0) is 56.0 Å². The summed E-state index contributed by atoms with van der Waals surface area (Å²) in [6.45, 7) is 4.14. The molecule has 4 nitrogen and oxygen atoms in total. The SMILES string of the molecule is Cc1cc(CCCC(=O)NC(CC(=O)O)c2ccc(F)cc2)c(C)s1. The summed E-state index contributed by atoms with van der Waals surface area (Å²) >= 11 is 1.75. The molecule has 0 saturated carbocycles. The largest absolute Gasteiger partial charge is 0.481 e. The molecule has 25 heavy (non-hydrogen) atoms. The topological polar surface area (TPSA) is 66.4 Å². The van der Waals surface area contributed by atoms with Crippen molar-refractivity contribution in [2.24, 2.45) is 0 Å². The molecule has 1 heterocycles. The zero-order chi connectivity index (χ0) is 18.4. The summed E-state index contributed by atoms with van der Waals surface area (Å²) in [5.41, 5.74) is 1.84. The Morgan fingerprint density at radius 2 is 1.92 bits per heavy atom. The Labute approximate surface area is 150 Å². The third-order valence-corrected chi connectivity index (χ3v) is 4.99. The number of rotatable bonds is 8. The lowest BCUT2D eigenvalue weighted by Crippen LogP contribution is -2.30. The molecule has 0 saturated heterocycles. The fourth-order valence-corrected chi connectivity index (χ4v) is 3.74. The van der Waals surface area contributed by atoms with Crippen molar-refractivity contribution in [1.82, 2.24) is 5.32 Å². The summed E-state index contributed by atoms with van der Waals surface area (Å²) in [6.07, 6.45) is 1.61. The van der Waals surface area contributed by atoms with E-state index in [4.69, 9.17) is 5.11 Å². The van der Waals surface area contributed by atoms with Gasteiger partial charge in [0.05, 0.1) is 12.5 Å². The number of carboxylic acids is 1. The number of hydrogen-bond donors (Lipinski definition) is 2. The van der Waals surface area contributed by atoms with Crippen LogP contribution in [0.15, 0.2) is 30.3 Å². The van der Waals surface area contributed by atoms with Crippen molar-refractivity contribution in [2.45, 2.75) is 45.6 Å². The molecule has 0 aliphatic carbocycles. The van der Waals surface area contributed by atoms with Gasteiger partial charge in [-0.2, -0.15) is 0 Å². The summed E-state index contributed by atoms with van der Waals surface area (Å²) in [5.74, 6) is -1.61. The van der Waals surface area contributed by atoms with Crippen LogP contribution in [0.2, 0.25) is 0 Å². The fourth-order valence-electron chi connectivity index (χ4n) is 2.76. The summed E-state index contributed by atoms with van der Waals surface area (Å²) < 4.78 is 13.0. The third-order valence-electron chi connectivity index (χ3n) is 3.98. The highest BCUT2D eigenvalue weighted by Crippen LogP contribution is 2.22. The highest BCUT2D eigenvalue weighted by atomic mass is 32.1. The second-order valence-corrected chi connectivity index (χ2v) is 7.52.